The van der Waals surface area contributed by atoms with Gasteiger partial charge in [0.25, 0.3) is 5.91 Å². The number of benzene rings is 2. The number of alkyl halides is 1. The number of rotatable bonds is 5. The molecule has 25 heavy (non-hydrogen) atoms. The molecule has 0 bridgehead atoms. The van der Waals surface area contributed by atoms with Gasteiger partial charge in [0.1, 0.15) is 6.67 Å². The summed E-state index contributed by atoms with van der Waals surface area (Å²) in [4.78, 5) is 15.1. The topological polar surface area (TPSA) is 88.2 Å². The quantitative estimate of drug-likeness (QED) is 0.743. The number of aliphatic hydroxyl groups excluding tert-OH is 1. The number of halogens is 1. The van der Waals surface area contributed by atoms with E-state index in [0.29, 0.717) is 23.5 Å². The van der Waals surface area contributed by atoms with Crippen molar-refractivity contribution in [3.05, 3.63) is 72.1 Å². The van der Waals surface area contributed by atoms with Gasteiger partial charge in [0.05, 0.1) is 6.61 Å². The first-order valence-electron chi connectivity index (χ1n) is 7.60. The lowest BCUT2D eigenvalue weighted by atomic mass is 10.1. The van der Waals surface area contributed by atoms with Crippen LogP contribution >= 0.6 is 0 Å². The van der Waals surface area contributed by atoms with E-state index in [2.05, 4.69) is 20.0 Å². The summed E-state index contributed by atoms with van der Waals surface area (Å²) in [6.45, 7) is -0.182. The van der Waals surface area contributed by atoms with Crippen LogP contribution in [-0.4, -0.2) is 34.3 Å². The molecule has 0 spiro atoms. The SMILES string of the molecule is FCc1ccc(-c2ncon2)cc1.O=C(NCCO)c1ccccc1. The van der Waals surface area contributed by atoms with Crippen LogP contribution in [-0.2, 0) is 6.67 Å². The van der Waals surface area contributed by atoms with E-state index in [0.717, 1.165) is 5.56 Å². The van der Waals surface area contributed by atoms with Crippen LogP contribution in [0.15, 0.2) is 65.5 Å². The van der Waals surface area contributed by atoms with Crippen molar-refractivity contribution in [2.24, 2.45) is 0 Å². The second kappa shape index (κ2) is 9.94. The molecular formula is C18H18FN3O3. The minimum absolute atomic E-state index is 0.0292. The van der Waals surface area contributed by atoms with Gasteiger partial charge in [0.2, 0.25) is 12.2 Å². The maximum atomic E-state index is 12.1. The predicted octanol–water partition coefficient (Wildman–Crippen LogP) is 2.61. The highest BCUT2D eigenvalue weighted by Crippen LogP contribution is 2.15. The monoisotopic (exact) mass is 343 g/mol. The molecule has 0 unspecified atom stereocenters. The van der Waals surface area contributed by atoms with E-state index >= 15 is 0 Å². The Morgan fingerprint density at radius 2 is 1.84 bits per heavy atom. The Labute approximate surface area is 144 Å². The molecule has 1 aromatic heterocycles. The van der Waals surface area contributed by atoms with E-state index in [-0.39, 0.29) is 12.5 Å². The summed E-state index contributed by atoms with van der Waals surface area (Å²) in [6, 6.07) is 15.8. The Kier molecular flexibility index (Phi) is 7.27. The first-order chi connectivity index (χ1) is 12.2. The van der Waals surface area contributed by atoms with Crippen molar-refractivity contribution in [1.82, 2.24) is 15.5 Å². The number of hydrogen-bond acceptors (Lipinski definition) is 5. The molecule has 130 valence electrons. The highest BCUT2D eigenvalue weighted by molar-refractivity contribution is 5.94. The Morgan fingerprint density at radius 3 is 2.40 bits per heavy atom. The Hall–Kier alpha value is -3.06. The molecule has 0 fully saturated rings. The number of nitrogens with one attached hydrogen (secondary N) is 1. The van der Waals surface area contributed by atoms with Crippen molar-refractivity contribution in [2.45, 2.75) is 6.67 Å². The van der Waals surface area contributed by atoms with Gasteiger partial charge in [-0.25, -0.2) is 4.39 Å². The lowest BCUT2D eigenvalue weighted by Gasteiger charge is -2.01. The molecule has 0 aliphatic heterocycles. The van der Waals surface area contributed by atoms with Gasteiger partial charge in [-0.05, 0) is 17.7 Å². The van der Waals surface area contributed by atoms with Crippen molar-refractivity contribution in [1.29, 1.82) is 0 Å². The summed E-state index contributed by atoms with van der Waals surface area (Å²) in [6.07, 6.45) is 1.26. The van der Waals surface area contributed by atoms with Crippen LogP contribution in [0.1, 0.15) is 15.9 Å². The molecule has 1 amide bonds. The van der Waals surface area contributed by atoms with Crippen LogP contribution in [0, 0.1) is 0 Å². The van der Waals surface area contributed by atoms with E-state index in [1.54, 1.807) is 48.5 Å². The van der Waals surface area contributed by atoms with Crippen molar-refractivity contribution < 1.29 is 18.8 Å². The third-order valence-corrected chi connectivity index (χ3v) is 3.16. The molecule has 2 N–H and O–H groups in total. The molecular weight excluding hydrogens is 325 g/mol. The molecule has 0 aliphatic carbocycles. The lowest BCUT2D eigenvalue weighted by molar-refractivity contribution is 0.0945. The predicted molar refractivity (Wildman–Crippen MR) is 90.4 cm³/mol. The van der Waals surface area contributed by atoms with E-state index in [1.807, 2.05) is 6.07 Å². The van der Waals surface area contributed by atoms with E-state index < -0.39 is 6.67 Å². The van der Waals surface area contributed by atoms with Crippen LogP contribution in [0.2, 0.25) is 0 Å². The molecule has 2 aromatic carbocycles. The van der Waals surface area contributed by atoms with Crippen LogP contribution in [0.4, 0.5) is 4.39 Å². The smallest absolute Gasteiger partial charge is 0.251 e. The van der Waals surface area contributed by atoms with Crippen molar-refractivity contribution in [3.63, 3.8) is 0 Å². The number of aliphatic hydroxyl groups is 1. The number of carbonyl (C=O) groups excluding carboxylic acids is 1. The molecule has 0 aliphatic rings. The largest absolute Gasteiger partial charge is 0.395 e. The number of carbonyl (C=O) groups is 1. The van der Waals surface area contributed by atoms with Gasteiger partial charge in [-0.2, -0.15) is 4.98 Å². The molecule has 0 saturated carbocycles. The molecule has 0 radical (unpaired) electrons. The summed E-state index contributed by atoms with van der Waals surface area (Å²) in [5.74, 6) is 0.370. The second-order valence-electron chi connectivity index (χ2n) is 4.93. The van der Waals surface area contributed by atoms with Gasteiger partial charge in [-0.3, -0.25) is 4.79 Å². The fourth-order valence-corrected chi connectivity index (χ4v) is 1.90. The fourth-order valence-electron chi connectivity index (χ4n) is 1.90. The maximum absolute atomic E-state index is 12.1. The molecule has 7 heteroatoms. The lowest BCUT2D eigenvalue weighted by Crippen LogP contribution is -2.26. The number of aromatic nitrogens is 2. The summed E-state index contributed by atoms with van der Waals surface area (Å²) in [7, 11) is 0. The molecule has 0 saturated heterocycles. The van der Waals surface area contributed by atoms with Gasteiger partial charge in [0, 0.05) is 17.7 Å². The highest BCUT2D eigenvalue weighted by atomic mass is 19.1. The first kappa shape index (κ1) is 18.3. The molecule has 1 heterocycles. The fraction of sp³-hybridized carbons (Fsp3) is 0.167. The van der Waals surface area contributed by atoms with Gasteiger partial charge < -0.3 is 14.9 Å². The van der Waals surface area contributed by atoms with Crippen LogP contribution in [0.5, 0.6) is 0 Å². The average Bonchev–Trinajstić information content (AvgIpc) is 3.22. The van der Waals surface area contributed by atoms with Gasteiger partial charge in [0.15, 0.2) is 0 Å². The summed E-state index contributed by atoms with van der Waals surface area (Å²) in [5.41, 5.74) is 2.09. The van der Waals surface area contributed by atoms with Gasteiger partial charge in [-0.15, -0.1) is 0 Å². The number of hydrogen-bond donors (Lipinski definition) is 2. The van der Waals surface area contributed by atoms with E-state index in [1.165, 1.54) is 6.39 Å². The molecule has 6 nitrogen and oxygen atoms in total. The zero-order valence-electron chi connectivity index (χ0n) is 13.4. The van der Waals surface area contributed by atoms with Crippen LogP contribution in [0.25, 0.3) is 11.4 Å². The number of nitrogens with zero attached hydrogens (tertiary/aromatic N) is 2. The molecule has 3 aromatic rings. The Balaban J connectivity index is 0.000000181. The zero-order chi connectivity index (χ0) is 17.9. The standard InChI is InChI=1S/C9H7FN2O.C9H11NO2/c10-5-7-1-3-8(4-2-7)9-11-6-13-12-9;11-7-6-10-9(12)8-4-2-1-3-5-8/h1-4,6H,5H2;1-5,11H,6-7H2,(H,10,12). The Morgan fingerprint density at radius 1 is 1.12 bits per heavy atom. The normalized spacial score (nSPS) is 9.84. The molecule has 3 rings (SSSR count). The van der Waals surface area contributed by atoms with E-state index in [9.17, 15) is 9.18 Å². The summed E-state index contributed by atoms with van der Waals surface area (Å²) >= 11 is 0. The minimum atomic E-state index is -0.452. The van der Waals surface area contributed by atoms with Gasteiger partial charge in [-0.1, -0.05) is 47.6 Å². The van der Waals surface area contributed by atoms with Crippen molar-refractivity contribution in [3.8, 4) is 11.4 Å². The first-order valence-corrected chi connectivity index (χ1v) is 7.60. The van der Waals surface area contributed by atoms with Gasteiger partial charge >= 0.3 is 0 Å². The minimum Gasteiger partial charge on any atom is -0.395 e. The highest BCUT2D eigenvalue weighted by Gasteiger charge is 2.02. The zero-order valence-corrected chi connectivity index (χ0v) is 13.4. The third kappa shape index (κ3) is 5.82. The summed E-state index contributed by atoms with van der Waals surface area (Å²) < 4.78 is 16.7. The van der Waals surface area contributed by atoms with Crippen LogP contribution in [0.3, 0.4) is 0 Å². The molecule has 0 atom stereocenters. The number of amides is 1. The second-order valence-corrected chi connectivity index (χ2v) is 4.93. The van der Waals surface area contributed by atoms with Crippen molar-refractivity contribution >= 4 is 5.91 Å². The van der Waals surface area contributed by atoms with E-state index in [4.69, 9.17) is 5.11 Å². The van der Waals surface area contributed by atoms with Crippen molar-refractivity contribution in [2.75, 3.05) is 13.2 Å². The summed E-state index contributed by atoms with van der Waals surface area (Å²) in [5, 5.41) is 14.7. The Bertz CT molecular complexity index is 747. The van der Waals surface area contributed by atoms with Crippen LogP contribution < -0.4 is 5.32 Å². The third-order valence-electron chi connectivity index (χ3n) is 3.16. The maximum Gasteiger partial charge on any atom is 0.251 e. The average molecular weight is 343 g/mol.